The van der Waals surface area contributed by atoms with Crippen molar-refractivity contribution < 1.29 is 32.2 Å². The highest BCUT2D eigenvalue weighted by molar-refractivity contribution is 6.02. The smallest absolute Gasteiger partial charge is 0.445 e. The Labute approximate surface area is 258 Å². The topological polar surface area (TPSA) is 83.1 Å². The maximum absolute atomic E-state index is 12.9. The van der Waals surface area contributed by atoms with Gasteiger partial charge < -0.3 is 29.9 Å². The van der Waals surface area contributed by atoms with Crippen LogP contribution in [-0.2, 0) is 16.8 Å². The quantitative estimate of drug-likeness (QED) is 0.229. The molecule has 2 aliphatic heterocycles. The molecule has 2 N–H and O–H groups in total. The third kappa shape index (κ3) is 6.82. The van der Waals surface area contributed by atoms with E-state index < -0.39 is 12.4 Å². The number of urea groups is 1. The zero-order valence-corrected chi connectivity index (χ0v) is 24.2. The highest BCUT2D eigenvalue weighted by Gasteiger charge is 2.46. The Hall–Kier alpha value is -5.19. The molecule has 6 rings (SSSR count). The van der Waals surface area contributed by atoms with E-state index >= 15 is 0 Å². The lowest BCUT2D eigenvalue weighted by atomic mass is 9.74. The summed E-state index contributed by atoms with van der Waals surface area (Å²) in [6.07, 6.45) is -3.61. The van der Waals surface area contributed by atoms with Gasteiger partial charge in [-0.05, 0) is 66.4 Å². The number of piperidine rings is 1. The second kappa shape index (κ2) is 12.4. The predicted molar refractivity (Wildman–Crippen MR) is 165 cm³/mol. The Kier molecular flexibility index (Phi) is 8.25. The number of rotatable bonds is 6. The number of alkyl halides is 3. The fourth-order valence-corrected chi connectivity index (χ4v) is 6.04. The number of para-hydroxylation sites is 3. The van der Waals surface area contributed by atoms with Crippen molar-refractivity contribution in [1.29, 1.82) is 0 Å². The van der Waals surface area contributed by atoms with Gasteiger partial charge in [-0.15, -0.1) is 13.2 Å². The number of amides is 3. The molecule has 0 aromatic heterocycles. The Morgan fingerprint density at radius 2 is 1.42 bits per heavy atom. The lowest BCUT2D eigenvalue weighted by Gasteiger charge is -2.39. The van der Waals surface area contributed by atoms with Crippen molar-refractivity contribution in [2.24, 2.45) is 0 Å². The fraction of sp³-hybridized carbons (Fsp3) is 0.235. The minimum atomic E-state index is -4.80. The van der Waals surface area contributed by atoms with E-state index in [1.807, 2.05) is 60.7 Å². The van der Waals surface area contributed by atoms with Crippen LogP contribution in [-0.4, -0.2) is 43.0 Å². The predicted octanol–water partition coefficient (Wildman–Crippen LogP) is 8.05. The van der Waals surface area contributed by atoms with E-state index in [1.54, 1.807) is 11.0 Å². The van der Waals surface area contributed by atoms with Crippen LogP contribution in [0.15, 0.2) is 103 Å². The molecule has 3 amide bonds. The lowest BCUT2D eigenvalue weighted by Crippen LogP contribution is -2.47. The number of carbonyl (C=O) groups is 2. The van der Waals surface area contributed by atoms with Crippen molar-refractivity contribution in [1.82, 2.24) is 4.90 Å². The number of hydrogen-bond acceptors (Lipinski definition) is 5. The lowest BCUT2D eigenvalue weighted by molar-refractivity contribution is -0.274. The van der Waals surface area contributed by atoms with Crippen molar-refractivity contribution in [3.8, 4) is 5.75 Å². The van der Waals surface area contributed by atoms with Crippen LogP contribution in [0, 0.1) is 0 Å². The molecule has 0 saturated carbocycles. The van der Waals surface area contributed by atoms with E-state index in [4.69, 9.17) is 4.74 Å². The molecule has 4 aromatic rings. The van der Waals surface area contributed by atoms with E-state index in [-0.39, 0.29) is 23.9 Å². The number of carbonyl (C=O) groups excluding carboxylic acids is 2. The first-order chi connectivity index (χ1) is 21.7. The van der Waals surface area contributed by atoms with Crippen molar-refractivity contribution in [3.63, 3.8) is 0 Å². The molecule has 232 valence electrons. The van der Waals surface area contributed by atoms with Gasteiger partial charge in [-0.3, -0.25) is 0 Å². The summed E-state index contributed by atoms with van der Waals surface area (Å²) >= 11 is 0. The van der Waals surface area contributed by atoms with E-state index in [0.717, 1.165) is 41.9 Å². The number of anilines is 4. The molecule has 45 heavy (non-hydrogen) atoms. The van der Waals surface area contributed by atoms with Crippen LogP contribution in [0.5, 0.6) is 5.75 Å². The molecule has 2 heterocycles. The number of ether oxygens (including phenoxy) is 2. The highest BCUT2D eigenvalue weighted by Crippen LogP contribution is 2.50. The molecule has 0 atom stereocenters. The molecule has 11 heteroatoms. The van der Waals surface area contributed by atoms with Crippen LogP contribution < -0.4 is 20.3 Å². The minimum absolute atomic E-state index is 0.192. The molecule has 2 aliphatic rings. The zero-order chi connectivity index (χ0) is 31.4. The number of fused-ring (bicyclic) bond motifs is 2. The molecule has 1 spiro atoms. The summed E-state index contributed by atoms with van der Waals surface area (Å²) in [5, 5.41) is 5.54. The van der Waals surface area contributed by atoms with E-state index in [1.165, 1.54) is 17.7 Å². The van der Waals surface area contributed by atoms with Gasteiger partial charge in [0.25, 0.3) is 0 Å². The Balaban J connectivity index is 1.13. The first kappa shape index (κ1) is 29.9. The van der Waals surface area contributed by atoms with E-state index in [9.17, 15) is 22.8 Å². The van der Waals surface area contributed by atoms with Crippen molar-refractivity contribution >= 4 is 34.9 Å². The van der Waals surface area contributed by atoms with Gasteiger partial charge in [0.15, 0.2) is 0 Å². The summed E-state index contributed by atoms with van der Waals surface area (Å²) in [7, 11) is 0. The van der Waals surface area contributed by atoms with Crippen LogP contribution in [0.2, 0.25) is 0 Å². The van der Waals surface area contributed by atoms with Gasteiger partial charge in [0.2, 0.25) is 0 Å². The average molecular weight is 617 g/mol. The summed E-state index contributed by atoms with van der Waals surface area (Å²) in [6.45, 7) is 2.02. The molecule has 0 bridgehead atoms. The van der Waals surface area contributed by atoms with Gasteiger partial charge in [0.1, 0.15) is 12.4 Å². The SMILES string of the molecule is O=C(Nc1ccc(OC(F)(F)F)cc1)Nc1ccccc1N1CC2(CCN(C(=O)OCc3ccccc3)CC2)c2ccccc21. The second-order valence-electron chi connectivity index (χ2n) is 11.1. The van der Waals surface area contributed by atoms with Crippen LogP contribution in [0.25, 0.3) is 0 Å². The maximum atomic E-state index is 12.9. The highest BCUT2D eigenvalue weighted by atomic mass is 19.4. The minimum Gasteiger partial charge on any atom is -0.445 e. The molecule has 0 aliphatic carbocycles. The van der Waals surface area contributed by atoms with Gasteiger partial charge in [-0.25, -0.2) is 9.59 Å². The first-order valence-corrected chi connectivity index (χ1v) is 14.5. The van der Waals surface area contributed by atoms with Crippen molar-refractivity contribution in [2.45, 2.75) is 31.2 Å². The van der Waals surface area contributed by atoms with Crippen molar-refractivity contribution in [2.75, 3.05) is 35.2 Å². The Morgan fingerprint density at radius 1 is 0.778 bits per heavy atom. The van der Waals surface area contributed by atoms with E-state index in [0.29, 0.717) is 31.0 Å². The summed E-state index contributed by atoms with van der Waals surface area (Å²) in [5.41, 5.74) is 4.65. The molecule has 4 aromatic carbocycles. The molecule has 1 fully saturated rings. The number of nitrogens with one attached hydrogen (secondary N) is 2. The summed E-state index contributed by atoms with van der Waals surface area (Å²) in [5.74, 6) is -0.379. The van der Waals surface area contributed by atoms with Gasteiger partial charge in [0, 0.05) is 36.4 Å². The van der Waals surface area contributed by atoms with Gasteiger partial charge in [0.05, 0.1) is 11.4 Å². The van der Waals surface area contributed by atoms with Crippen molar-refractivity contribution in [3.05, 3.63) is 114 Å². The second-order valence-corrected chi connectivity index (χ2v) is 11.1. The molecular weight excluding hydrogens is 585 g/mol. The van der Waals surface area contributed by atoms with Crippen LogP contribution in [0.4, 0.5) is 45.5 Å². The maximum Gasteiger partial charge on any atom is 0.573 e. The van der Waals surface area contributed by atoms with E-state index in [2.05, 4.69) is 32.4 Å². The summed E-state index contributed by atoms with van der Waals surface area (Å²) in [6, 6.07) is 29.6. The molecule has 8 nitrogen and oxygen atoms in total. The normalized spacial score (nSPS) is 15.4. The monoisotopic (exact) mass is 616 g/mol. The Bertz CT molecular complexity index is 1660. The van der Waals surface area contributed by atoms with Gasteiger partial charge >= 0.3 is 18.5 Å². The number of nitrogens with zero attached hydrogens (tertiary/aromatic N) is 2. The molecular formula is C34H31F3N4O4. The number of benzene rings is 4. The first-order valence-electron chi connectivity index (χ1n) is 14.5. The van der Waals surface area contributed by atoms with Gasteiger partial charge in [-0.2, -0.15) is 0 Å². The molecule has 1 saturated heterocycles. The fourth-order valence-electron chi connectivity index (χ4n) is 6.04. The summed E-state index contributed by atoms with van der Waals surface area (Å²) < 4.78 is 46.9. The number of hydrogen-bond donors (Lipinski definition) is 2. The third-order valence-electron chi connectivity index (χ3n) is 8.20. The van der Waals surface area contributed by atoms with Crippen LogP contribution in [0.1, 0.15) is 24.0 Å². The van der Waals surface area contributed by atoms with Crippen LogP contribution >= 0.6 is 0 Å². The molecule has 0 radical (unpaired) electrons. The standard InChI is InChI=1S/C34H31F3N4O4/c35-34(36,37)45-26-16-14-25(15-17-26)38-31(42)39-28-11-5-7-13-30(28)41-23-33(27-10-4-6-12-29(27)41)18-20-40(21-19-33)32(43)44-22-24-8-2-1-3-9-24/h1-17H,18-23H2,(H2,38,39,42). The average Bonchev–Trinajstić information content (AvgIpc) is 3.34. The molecule has 0 unspecified atom stereocenters. The van der Waals surface area contributed by atoms with Gasteiger partial charge in [-0.1, -0.05) is 60.7 Å². The Morgan fingerprint density at radius 3 is 2.13 bits per heavy atom. The van der Waals surface area contributed by atoms with Crippen LogP contribution in [0.3, 0.4) is 0 Å². The third-order valence-corrected chi connectivity index (χ3v) is 8.20. The number of likely N-dealkylation sites (tertiary alicyclic amines) is 1. The number of halogens is 3. The zero-order valence-electron chi connectivity index (χ0n) is 24.2. The largest absolute Gasteiger partial charge is 0.573 e. The summed E-state index contributed by atoms with van der Waals surface area (Å²) in [4.78, 5) is 29.8.